The summed E-state index contributed by atoms with van der Waals surface area (Å²) >= 11 is 9.35. The molecular formula is C14H18BrClN2O. The Balaban J connectivity index is 1.81. The lowest BCUT2D eigenvalue weighted by Crippen LogP contribution is -2.39. The number of hydrogen-bond donors (Lipinski definition) is 2. The summed E-state index contributed by atoms with van der Waals surface area (Å²) in [6.45, 7) is 0.273. The normalized spacial score (nSPS) is 16.1. The van der Waals surface area contributed by atoms with Crippen LogP contribution in [0.25, 0.3) is 0 Å². The Morgan fingerprint density at radius 3 is 2.79 bits per heavy atom. The van der Waals surface area contributed by atoms with Crippen LogP contribution in [-0.2, 0) is 4.79 Å². The van der Waals surface area contributed by atoms with Gasteiger partial charge in [0.15, 0.2) is 0 Å². The number of benzene rings is 1. The maximum atomic E-state index is 11.9. The molecule has 104 valence electrons. The maximum absolute atomic E-state index is 11.9. The molecule has 1 aliphatic rings. The molecule has 1 aromatic rings. The van der Waals surface area contributed by atoms with Crippen molar-refractivity contribution in [3.63, 3.8) is 0 Å². The van der Waals surface area contributed by atoms with Crippen molar-refractivity contribution in [3.05, 3.63) is 27.7 Å². The van der Waals surface area contributed by atoms with E-state index in [4.69, 9.17) is 11.6 Å². The summed E-state index contributed by atoms with van der Waals surface area (Å²) in [5, 5.41) is 6.82. The Kier molecular flexibility index (Phi) is 5.52. The van der Waals surface area contributed by atoms with Crippen LogP contribution in [0.15, 0.2) is 22.7 Å². The molecule has 0 aromatic heterocycles. The third-order valence-electron chi connectivity index (χ3n) is 3.34. The lowest BCUT2D eigenvalue weighted by atomic mass is 9.95. The quantitative estimate of drug-likeness (QED) is 0.867. The summed E-state index contributed by atoms with van der Waals surface area (Å²) in [4.78, 5) is 11.9. The van der Waals surface area contributed by atoms with Gasteiger partial charge in [0.25, 0.3) is 0 Å². The molecule has 1 aliphatic carbocycles. The van der Waals surface area contributed by atoms with Gasteiger partial charge in [-0.15, -0.1) is 0 Å². The van der Waals surface area contributed by atoms with Gasteiger partial charge in [-0.2, -0.15) is 0 Å². The van der Waals surface area contributed by atoms with Crippen molar-refractivity contribution >= 4 is 39.1 Å². The van der Waals surface area contributed by atoms with Crippen LogP contribution in [0.3, 0.4) is 0 Å². The van der Waals surface area contributed by atoms with Gasteiger partial charge >= 0.3 is 0 Å². The van der Waals surface area contributed by atoms with Crippen LogP contribution in [0.5, 0.6) is 0 Å². The van der Waals surface area contributed by atoms with Crippen LogP contribution in [-0.4, -0.2) is 18.5 Å². The summed E-state index contributed by atoms with van der Waals surface area (Å²) in [6.07, 6.45) is 5.94. The smallest absolute Gasteiger partial charge is 0.239 e. The van der Waals surface area contributed by atoms with Crippen molar-refractivity contribution in [3.8, 4) is 0 Å². The lowest BCUT2D eigenvalue weighted by Gasteiger charge is -2.23. The molecule has 0 aliphatic heterocycles. The fourth-order valence-corrected chi connectivity index (χ4v) is 2.89. The van der Waals surface area contributed by atoms with Crippen molar-refractivity contribution in [2.75, 3.05) is 11.9 Å². The zero-order chi connectivity index (χ0) is 13.7. The molecule has 2 N–H and O–H groups in total. The van der Waals surface area contributed by atoms with Crippen molar-refractivity contribution < 1.29 is 4.79 Å². The zero-order valence-corrected chi connectivity index (χ0v) is 13.1. The molecule has 0 heterocycles. The van der Waals surface area contributed by atoms with Crippen molar-refractivity contribution in [2.24, 2.45) is 0 Å². The highest BCUT2D eigenvalue weighted by molar-refractivity contribution is 9.10. The SMILES string of the molecule is O=C(CNc1cc(Cl)ccc1Br)NC1CCCCC1. The second-order valence-corrected chi connectivity index (χ2v) is 6.17. The van der Waals surface area contributed by atoms with Crippen LogP contribution in [0.2, 0.25) is 5.02 Å². The number of hydrogen-bond acceptors (Lipinski definition) is 2. The van der Waals surface area contributed by atoms with Crippen LogP contribution < -0.4 is 10.6 Å². The van der Waals surface area contributed by atoms with E-state index in [1.165, 1.54) is 19.3 Å². The number of amides is 1. The van der Waals surface area contributed by atoms with E-state index < -0.39 is 0 Å². The van der Waals surface area contributed by atoms with E-state index in [-0.39, 0.29) is 12.5 Å². The van der Waals surface area contributed by atoms with Gasteiger partial charge in [-0.25, -0.2) is 0 Å². The highest BCUT2D eigenvalue weighted by Gasteiger charge is 2.15. The zero-order valence-electron chi connectivity index (χ0n) is 10.7. The summed E-state index contributed by atoms with van der Waals surface area (Å²) < 4.78 is 0.905. The maximum Gasteiger partial charge on any atom is 0.239 e. The molecular weight excluding hydrogens is 328 g/mol. The second kappa shape index (κ2) is 7.15. The van der Waals surface area contributed by atoms with Gasteiger partial charge in [0.05, 0.1) is 12.2 Å². The standard InChI is InChI=1S/C14H18BrClN2O/c15-12-7-6-10(16)8-13(12)17-9-14(19)18-11-4-2-1-3-5-11/h6-8,11,17H,1-5,9H2,(H,18,19). The number of halogens is 2. The Morgan fingerprint density at radius 2 is 2.05 bits per heavy atom. The molecule has 19 heavy (non-hydrogen) atoms. The van der Waals surface area contributed by atoms with Crippen LogP contribution >= 0.6 is 27.5 Å². The van der Waals surface area contributed by atoms with Gasteiger partial charge in [-0.05, 0) is 47.0 Å². The molecule has 1 amide bonds. The molecule has 3 nitrogen and oxygen atoms in total. The minimum atomic E-state index is 0.0405. The minimum Gasteiger partial charge on any atom is -0.375 e. The second-order valence-electron chi connectivity index (χ2n) is 4.88. The Hall–Kier alpha value is -0.740. The fourth-order valence-electron chi connectivity index (χ4n) is 2.33. The number of anilines is 1. The first-order valence-electron chi connectivity index (χ1n) is 6.63. The average molecular weight is 346 g/mol. The first-order valence-corrected chi connectivity index (χ1v) is 7.80. The van der Waals surface area contributed by atoms with Crippen LogP contribution in [0, 0.1) is 0 Å². The topological polar surface area (TPSA) is 41.1 Å². The molecule has 0 unspecified atom stereocenters. The van der Waals surface area contributed by atoms with E-state index in [1.54, 1.807) is 12.1 Å². The average Bonchev–Trinajstić information content (AvgIpc) is 2.41. The number of rotatable bonds is 4. The van der Waals surface area contributed by atoms with E-state index in [0.29, 0.717) is 11.1 Å². The summed E-state index contributed by atoms with van der Waals surface area (Å²) in [5.41, 5.74) is 0.839. The molecule has 0 spiro atoms. The van der Waals surface area contributed by atoms with Crippen molar-refractivity contribution in [2.45, 2.75) is 38.1 Å². The number of carbonyl (C=O) groups excluding carboxylic acids is 1. The van der Waals surface area contributed by atoms with E-state index in [9.17, 15) is 4.79 Å². The molecule has 2 rings (SSSR count). The molecule has 0 atom stereocenters. The monoisotopic (exact) mass is 344 g/mol. The predicted octanol–water partition coefficient (Wildman–Crippen LogP) is 3.96. The summed E-state index contributed by atoms with van der Waals surface area (Å²) in [6, 6.07) is 5.83. The Bertz CT molecular complexity index is 447. The highest BCUT2D eigenvalue weighted by atomic mass is 79.9. The molecule has 0 saturated heterocycles. The predicted molar refractivity (Wildman–Crippen MR) is 82.7 cm³/mol. The highest BCUT2D eigenvalue weighted by Crippen LogP contribution is 2.25. The Labute approximate surface area is 127 Å². The van der Waals surface area contributed by atoms with Gasteiger partial charge in [0, 0.05) is 15.5 Å². The van der Waals surface area contributed by atoms with E-state index in [2.05, 4.69) is 26.6 Å². The van der Waals surface area contributed by atoms with E-state index in [1.807, 2.05) is 6.07 Å². The van der Waals surface area contributed by atoms with Crippen molar-refractivity contribution in [1.82, 2.24) is 5.32 Å². The van der Waals surface area contributed by atoms with Gasteiger partial charge in [0.2, 0.25) is 5.91 Å². The number of nitrogens with one attached hydrogen (secondary N) is 2. The molecule has 0 bridgehead atoms. The molecule has 0 radical (unpaired) electrons. The van der Waals surface area contributed by atoms with Gasteiger partial charge < -0.3 is 10.6 Å². The first kappa shape index (κ1) is 14.7. The third kappa shape index (κ3) is 4.69. The van der Waals surface area contributed by atoms with Gasteiger partial charge in [-0.1, -0.05) is 30.9 Å². The van der Waals surface area contributed by atoms with Crippen molar-refractivity contribution in [1.29, 1.82) is 0 Å². The molecule has 1 fully saturated rings. The summed E-state index contributed by atoms with van der Waals surface area (Å²) in [5.74, 6) is 0.0405. The lowest BCUT2D eigenvalue weighted by molar-refractivity contribution is -0.120. The van der Waals surface area contributed by atoms with E-state index in [0.717, 1.165) is 23.0 Å². The first-order chi connectivity index (χ1) is 9.15. The number of carbonyl (C=O) groups is 1. The Morgan fingerprint density at radius 1 is 1.32 bits per heavy atom. The van der Waals surface area contributed by atoms with Gasteiger partial charge in [0.1, 0.15) is 0 Å². The molecule has 5 heteroatoms. The van der Waals surface area contributed by atoms with E-state index >= 15 is 0 Å². The van der Waals surface area contributed by atoms with Gasteiger partial charge in [-0.3, -0.25) is 4.79 Å². The van der Waals surface area contributed by atoms with Crippen LogP contribution in [0.1, 0.15) is 32.1 Å². The molecule has 1 aromatic carbocycles. The fraction of sp³-hybridized carbons (Fsp3) is 0.500. The largest absolute Gasteiger partial charge is 0.375 e. The third-order valence-corrected chi connectivity index (χ3v) is 4.26. The minimum absolute atomic E-state index is 0.0405. The summed E-state index contributed by atoms with van der Waals surface area (Å²) in [7, 11) is 0. The van der Waals surface area contributed by atoms with Crippen LogP contribution in [0.4, 0.5) is 5.69 Å². The molecule has 1 saturated carbocycles.